The molecule has 0 atom stereocenters. The minimum Gasteiger partial charge on any atom is -0.124 e. The van der Waals surface area contributed by atoms with Gasteiger partial charge in [0.2, 0.25) is 0 Å². The van der Waals surface area contributed by atoms with Crippen LogP contribution >= 0.6 is 0 Å². The quantitative estimate of drug-likeness (QED) is 0.179. The second-order valence-corrected chi connectivity index (χ2v) is 10.2. The van der Waals surface area contributed by atoms with Gasteiger partial charge in [-0.3, -0.25) is 0 Å². The fourth-order valence-corrected chi connectivity index (χ4v) is 4.38. The summed E-state index contributed by atoms with van der Waals surface area (Å²) < 4.78 is 0. The molecular weight excluding hydrogens is 528 g/mol. The molecule has 0 N–H and O–H groups in total. The molecule has 2 aromatic rings. The zero-order chi connectivity index (χ0) is 32.8. The minimum atomic E-state index is 0. The van der Waals surface area contributed by atoms with Crippen molar-refractivity contribution in [3.05, 3.63) is 155 Å². The first-order valence-corrected chi connectivity index (χ1v) is 15.3. The van der Waals surface area contributed by atoms with Crippen LogP contribution in [-0.2, 0) is 6.42 Å². The van der Waals surface area contributed by atoms with Crippen molar-refractivity contribution >= 4 is 11.1 Å². The number of fused-ring (bicyclic) bond motifs is 3. The standard InChI is InChI=1S/C36H40.C3H6.C2H6.C2H2.CH4/c1-8-9-10-14-20-33(29(7)27(4)5)36(24-26(2)3)31-22-23-34-30(25-31)18-13-11-12-17-28(6)32-19-15-16-21-35(32)34;1-3-2;2*1-2;/h9-17,19-25H,6,8,18H2,1-5,7H3;3H,1H2,2H3;1-2H3;1-2H;1H4/b10-9+,13-11-,17-12-,20-14-,36-33+;;;;. The Morgan fingerprint density at radius 2 is 1.50 bits per heavy atom. The molecule has 0 radical (unpaired) electrons. The first-order chi connectivity index (χ1) is 20.7. The highest BCUT2D eigenvalue weighted by Gasteiger charge is 2.14. The van der Waals surface area contributed by atoms with Gasteiger partial charge in [-0.1, -0.05) is 149 Å². The van der Waals surface area contributed by atoms with Gasteiger partial charge in [0, 0.05) is 0 Å². The lowest BCUT2D eigenvalue weighted by molar-refractivity contribution is 1.22. The second-order valence-electron chi connectivity index (χ2n) is 10.2. The highest BCUT2D eigenvalue weighted by atomic mass is 14.2. The van der Waals surface area contributed by atoms with E-state index in [0.717, 1.165) is 18.4 Å². The van der Waals surface area contributed by atoms with Gasteiger partial charge in [-0.2, -0.15) is 0 Å². The van der Waals surface area contributed by atoms with Crippen LogP contribution in [0.2, 0.25) is 0 Å². The molecule has 0 aromatic heterocycles. The van der Waals surface area contributed by atoms with E-state index in [1.807, 2.05) is 20.8 Å². The molecule has 1 aliphatic rings. The van der Waals surface area contributed by atoms with Crippen molar-refractivity contribution in [2.45, 2.75) is 82.6 Å². The number of hydrogen-bond acceptors (Lipinski definition) is 0. The summed E-state index contributed by atoms with van der Waals surface area (Å²) in [5.74, 6) is 0. The zero-order valence-corrected chi connectivity index (χ0v) is 28.3. The largest absolute Gasteiger partial charge is 0.124 e. The first kappa shape index (κ1) is 41.8. The van der Waals surface area contributed by atoms with E-state index in [2.05, 4.69) is 165 Å². The van der Waals surface area contributed by atoms with Crippen molar-refractivity contribution < 1.29 is 0 Å². The van der Waals surface area contributed by atoms with Crippen molar-refractivity contribution in [2.75, 3.05) is 0 Å². The van der Waals surface area contributed by atoms with E-state index in [1.54, 1.807) is 6.08 Å². The number of allylic oxidation sites excluding steroid dienone is 16. The maximum Gasteiger partial charge on any atom is -0.00879 e. The summed E-state index contributed by atoms with van der Waals surface area (Å²) in [6, 6.07) is 15.6. The Morgan fingerprint density at radius 3 is 2.07 bits per heavy atom. The molecule has 1 aliphatic carbocycles. The summed E-state index contributed by atoms with van der Waals surface area (Å²) in [6.07, 6.45) is 31.3. The molecule has 0 saturated heterocycles. The summed E-state index contributed by atoms with van der Waals surface area (Å²) in [5.41, 5.74) is 13.7. The van der Waals surface area contributed by atoms with Crippen LogP contribution in [0.5, 0.6) is 0 Å². The molecular formula is C44H58. The maximum atomic E-state index is 4.33. The molecule has 0 amide bonds. The van der Waals surface area contributed by atoms with Crippen LogP contribution in [-0.4, -0.2) is 0 Å². The van der Waals surface area contributed by atoms with Gasteiger partial charge in [0.05, 0.1) is 0 Å². The highest BCUT2D eigenvalue weighted by Crippen LogP contribution is 2.36. The monoisotopic (exact) mass is 586 g/mol. The van der Waals surface area contributed by atoms with Gasteiger partial charge in [-0.25, -0.2) is 0 Å². The van der Waals surface area contributed by atoms with Crippen LogP contribution < -0.4 is 0 Å². The van der Waals surface area contributed by atoms with Gasteiger partial charge in [0.1, 0.15) is 0 Å². The average molecular weight is 587 g/mol. The summed E-state index contributed by atoms with van der Waals surface area (Å²) >= 11 is 0. The van der Waals surface area contributed by atoms with Crippen LogP contribution in [0.3, 0.4) is 0 Å². The lowest BCUT2D eigenvalue weighted by Crippen LogP contribution is -1.98. The molecule has 2 aromatic carbocycles. The fourth-order valence-electron chi connectivity index (χ4n) is 4.38. The predicted molar refractivity (Wildman–Crippen MR) is 206 cm³/mol. The van der Waals surface area contributed by atoms with Crippen LogP contribution in [0.4, 0.5) is 0 Å². The van der Waals surface area contributed by atoms with Crippen LogP contribution in [0.25, 0.3) is 22.3 Å². The third kappa shape index (κ3) is 13.3. The summed E-state index contributed by atoms with van der Waals surface area (Å²) in [5, 5.41) is 0. The van der Waals surface area contributed by atoms with Crippen LogP contribution in [0.15, 0.2) is 139 Å². The third-order valence-corrected chi connectivity index (χ3v) is 6.48. The normalized spacial score (nSPS) is 13.3. The molecule has 44 heavy (non-hydrogen) atoms. The zero-order valence-electron chi connectivity index (χ0n) is 28.3. The molecule has 0 saturated carbocycles. The van der Waals surface area contributed by atoms with Crippen molar-refractivity contribution in [1.82, 2.24) is 0 Å². The van der Waals surface area contributed by atoms with Gasteiger partial charge in [-0.15, -0.1) is 19.4 Å². The van der Waals surface area contributed by atoms with Crippen molar-refractivity contribution in [3.8, 4) is 24.0 Å². The van der Waals surface area contributed by atoms with E-state index < -0.39 is 0 Å². The SMILES string of the molecule is C.C#C.C=C1/C=C\C=C/Cc2cc(\C(C=C(C)C)=C(/C=C\C=C\CC)C(C)=C(C)C)ccc2-c2ccccc21.C=CC.CC. The average Bonchev–Trinajstić information content (AvgIpc) is 3.01. The van der Waals surface area contributed by atoms with Gasteiger partial charge in [-0.05, 0) is 104 Å². The Morgan fingerprint density at radius 1 is 0.886 bits per heavy atom. The van der Waals surface area contributed by atoms with E-state index in [4.69, 9.17) is 0 Å². The van der Waals surface area contributed by atoms with Gasteiger partial charge in [0.15, 0.2) is 0 Å². The molecule has 0 heteroatoms. The maximum absolute atomic E-state index is 4.33. The van der Waals surface area contributed by atoms with Crippen LogP contribution in [0, 0.1) is 12.8 Å². The molecule has 3 rings (SSSR count). The Labute approximate surface area is 272 Å². The topological polar surface area (TPSA) is 0 Å². The van der Waals surface area contributed by atoms with E-state index in [9.17, 15) is 0 Å². The van der Waals surface area contributed by atoms with E-state index in [1.165, 1.54) is 55.7 Å². The summed E-state index contributed by atoms with van der Waals surface area (Å²) in [7, 11) is 0. The van der Waals surface area contributed by atoms with Gasteiger partial charge >= 0.3 is 0 Å². The molecule has 0 bridgehead atoms. The van der Waals surface area contributed by atoms with E-state index in [0.29, 0.717) is 0 Å². The van der Waals surface area contributed by atoms with Crippen molar-refractivity contribution in [2.24, 2.45) is 0 Å². The van der Waals surface area contributed by atoms with Crippen LogP contribution in [0.1, 0.15) is 92.9 Å². The van der Waals surface area contributed by atoms with E-state index in [-0.39, 0.29) is 7.43 Å². The molecule has 0 heterocycles. The predicted octanol–water partition coefficient (Wildman–Crippen LogP) is 13.7. The summed E-state index contributed by atoms with van der Waals surface area (Å²) in [4.78, 5) is 0. The number of rotatable bonds is 6. The lowest BCUT2D eigenvalue weighted by Gasteiger charge is -2.18. The molecule has 0 nitrogen and oxygen atoms in total. The number of benzene rings is 2. The molecule has 0 aliphatic heterocycles. The Bertz CT molecular complexity index is 1410. The smallest absolute Gasteiger partial charge is 0.00879 e. The molecule has 0 spiro atoms. The fraction of sp³-hybridized carbons (Fsp3) is 0.273. The lowest BCUT2D eigenvalue weighted by atomic mass is 9.86. The summed E-state index contributed by atoms with van der Waals surface area (Å²) in [6.45, 7) is 26.7. The second kappa shape index (κ2) is 24.1. The number of hydrogen-bond donors (Lipinski definition) is 0. The van der Waals surface area contributed by atoms with Gasteiger partial charge in [0.25, 0.3) is 0 Å². The van der Waals surface area contributed by atoms with Gasteiger partial charge < -0.3 is 0 Å². The van der Waals surface area contributed by atoms with Crippen molar-refractivity contribution in [3.63, 3.8) is 0 Å². The van der Waals surface area contributed by atoms with E-state index >= 15 is 0 Å². The Balaban J connectivity index is 0. The molecule has 0 fully saturated rings. The van der Waals surface area contributed by atoms with Crippen molar-refractivity contribution in [1.29, 1.82) is 0 Å². The third-order valence-electron chi connectivity index (χ3n) is 6.48. The number of terminal acetylenes is 1. The first-order valence-electron chi connectivity index (χ1n) is 15.3. The molecule has 234 valence electrons. The Hall–Kier alpha value is -4.34. The highest BCUT2D eigenvalue weighted by molar-refractivity contribution is 5.88. The minimum absolute atomic E-state index is 0. The molecule has 0 unspecified atom stereocenters. The Kier molecular flexibility index (Phi) is 22.9.